The van der Waals surface area contributed by atoms with Gasteiger partial charge in [-0.05, 0) is 18.4 Å². The van der Waals surface area contributed by atoms with Gasteiger partial charge in [0.1, 0.15) is 0 Å². The van der Waals surface area contributed by atoms with Gasteiger partial charge in [-0.2, -0.15) is 5.10 Å². The largest absolute Gasteiger partial charge is 0.383 e. The van der Waals surface area contributed by atoms with Crippen LogP contribution in [-0.4, -0.2) is 53.6 Å². The first kappa shape index (κ1) is 18.4. The molecule has 1 aromatic heterocycles. The number of benzene rings is 1. The Bertz CT molecular complexity index is 680. The quantitative estimate of drug-likeness (QED) is 0.798. The van der Waals surface area contributed by atoms with E-state index in [0.29, 0.717) is 18.8 Å². The number of anilines is 1. The zero-order valence-electron chi connectivity index (χ0n) is 15.2. The van der Waals surface area contributed by atoms with Gasteiger partial charge < -0.3 is 15.4 Å². The van der Waals surface area contributed by atoms with Crippen molar-refractivity contribution in [3.63, 3.8) is 0 Å². The van der Waals surface area contributed by atoms with Crippen molar-refractivity contribution >= 4 is 11.7 Å². The minimum absolute atomic E-state index is 0.169. The lowest BCUT2D eigenvalue weighted by Crippen LogP contribution is -2.45. The molecule has 7 heteroatoms. The van der Waals surface area contributed by atoms with Gasteiger partial charge in [-0.3, -0.25) is 9.58 Å². The predicted molar refractivity (Wildman–Crippen MR) is 101 cm³/mol. The molecule has 2 heterocycles. The van der Waals surface area contributed by atoms with Crippen LogP contribution >= 0.6 is 0 Å². The van der Waals surface area contributed by atoms with Crippen LogP contribution in [0.5, 0.6) is 0 Å². The average Bonchev–Trinajstić information content (AvgIpc) is 3.09. The number of methoxy groups -OCH3 is 1. The molecule has 0 saturated carbocycles. The van der Waals surface area contributed by atoms with E-state index in [9.17, 15) is 4.79 Å². The molecule has 1 aromatic carbocycles. The van der Waals surface area contributed by atoms with Gasteiger partial charge in [0.15, 0.2) is 0 Å². The molecule has 3 rings (SSSR count). The summed E-state index contributed by atoms with van der Waals surface area (Å²) in [5.41, 5.74) is 2.03. The molecule has 0 bridgehead atoms. The SMILES string of the molecule is COCCn1cc(NC(=O)NC2CCN(Cc3ccccc3)CC2)cn1. The third-order valence-corrected chi connectivity index (χ3v) is 4.59. The highest BCUT2D eigenvalue weighted by molar-refractivity contribution is 5.89. The molecule has 1 saturated heterocycles. The number of nitrogens with one attached hydrogen (secondary N) is 2. The van der Waals surface area contributed by atoms with E-state index in [1.54, 1.807) is 24.2 Å². The summed E-state index contributed by atoms with van der Waals surface area (Å²) in [6, 6.07) is 10.6. The fraction of sp³-hybridized carbons (Fsp3) is 0.474. The number of likely N-dealkylation sites (tertiary alicyclic amines) is 1. The van der Waals surface area contributed by atoms with Gasteiger partial charge in [-0.25, -0.2) is 4.79 Å². The first-order valence-electron chi connectivity index (χ1n) is 9.08. The van der Waals surface area contributed by atoms with Gasteiger partial charge in [0.2, 0.25) is 0 Å². The van der Waals surface area contributed by atoms with Crippen LogP contribution in [0.2, 0.25) is 0 Å². The molecular formula is C19H27N5O2. The van der Waals surface area contributed by atoms with E-state index in [4.69, 9.17) is 4.74 Å². The Kier molecular flexibility index (Phi) is 6.62. The molecule has 2 N–H and O–H groups in total. The molecule has 26 heavy (non-hydrogen) atoms. The summed E-state index contributed by atoms with van der Waals surface area (Å²) in [5, 5.41) is 10.1. The maximum Gasteiger partial charge on any atom is 0.319 e. The van der Waals surface area contributed by atoms with Gasteiger partial charge in [-0.15, -0.1) is 0 Å². The average molecular weight is 357 g/mol. The highest BCUT2D eigenvalue weighted by Gasteiger charge is 2.20. The number of hydrogen-bond acceptors (Lipinski definition) is 4. The molecule has 0 radical (unpaired) electrons. The number of urea groups is 1. The van der Waals surface area contributed by atoms with E-state index < -0.39 is 0 Å². The predicted octanol–water partition coefficient (Wildman–Crippen LogP) is 2.32. The van der Waals surface area contributed by atoms with E-state index in [-0.39, 0.29) is 12.1 Å². The third-order valence-electron chi connectivity index (χ3n) is 4.59. The molecule has 1 aliphatic rings. The molecule has 140 valence electrons. The second kappa shape index (κ2) is 9.35. The highest BCUT2D eigenvalue weighted by atomic mass is 16.5. The minimum Gasteiger partial charge on any atom is -0.383 e. The lowest BCUT2D eigenvalue weighted by molar-refractivity contribution is 0.183. The Balaban J connectivity index is 1.38. The van der Waals surface area contributed by atoms with E-state index in [1.165, 1.54) is 5.56 Å². The summed E-state index contributed by atoms with van der Waals surface area (Å²) in [5.74, 6) is 0. The first-order chi connectivity index (χ1) is 12.7. The number of nitrogens with zero attached hydrogens (tertiary/aromatic N) is 3. The molecular weight excluding hydrogens is 330 g/mol. The number of amides is 2. The Morgan fingerprint density at radius 3 is 2.77 bits per heavy atom. The van der Waals surface area contributed by atoms with Crippen molar-refractivity contribution < 1.29 is 9.53 Å². The minimum atomic E-state index is -0.169. The van der Waals surface area contributed by atoms with Crippen LogP contribution in [0.15, 0.2) is 42.7 Å². The zero-order valence-corrected chi connectivity index (χ0v) is 15.2. The summed E-state index contributed by atoms with van der Waals surface area (Å²) in [7, 11) is 1.65. The number of ether oxygens (including phenoxy) is 1. The number of hydrogen-bond donors (Lipinski definition) is 2. The highest BCUT2D eigenvalue weighted by Crippen LogP contribution is 2.14. The van der Waals surface area contributed by atoms with Crippen LogP contribution in [-0.2, 0) is 17.8 Å². The molecule has 2 amide bonds. The molecule has 0 aliphatic carbocycles. The van der Waals surface area contributed by atoms with Crippen molar-refractivity contribution in [1.82, 2.24) is 20.0 Å². The lowest BCUT2D eigenvalue weighted by Gasteiger charge is -2.32. The summed E-state index contributed by atoms with van der Waals surface area (Å²) >= 11 is 0. The van der Waals surface area contributed by atoms with Gasteiger partial charge >= 0.3 is 6.03 Å². The summed E-state index contributed by atoms with van der Waals surface area (Å²) < 4.78 is 6.77. The van der Waals surface area contributed by atoms with E-state index in [1.807, 2.05) is 6.07 Å². The van der Waals surface area contributed by atoms with Gasteiger partial charge in [0.25, 0.3) is 0 Å². The number of carbonyl (C=O) groups is 1. The normalized spacial score (nSPS) is 15.7. The molecule has 1 aliphatic heterocycles. The second-order valence-corrected chi connectivity index (χ2v) is 6.62. The number of aromatic nitrogens is 2. The Morgan fingerprint density at radius 2 is 2.04 bits per heavy atom. The van der Waals surface area contributed by atoms with E-state index >= 15 is 0 Å². The standard InChI is InChI=1S/C19H27N5O2/c1-26-12-11-24-15-18(13-20-24)22-19(25)21-17-7-9-23(10-8-17)14-16-5-3-2-4-6-16/h2-6,13,15,17H,7-12,14H2,1H3,(H2,21,22,25). The molecule has 0 spiro atoms. The van der Waals surface area contributed by atoms with Crippen LogP contribution in [0.25, 0.3) is 0 Å². The van der Waals surface area contributed by atoms with Crippen molar-refractivity contribution in [2.24, 2.45) is 0 Å². The van der Waals surface area contributed by atoms with Crippen molar-refractivity contribution in [3.05, 3.63) is 48.3 Å². The first-order valence-corrected chi connectivity index (χ1v) is 9.08. The lowest BCUT2D eigenvalue weighted by atomic mass is 10.0. The zero-order chi connectivity index (χ0) is 18.2. The van der Waals surface area contributed by atoms with Crippen LogP contribution < -0.4 is 10.6 Å². The summed E-state index contributed by atoms with van der Waals surface area (Å²) in [6.07, 6.45) is 5.39. The van der Waals surface area contributed by atoms with Crippen LogP contribution in [0.3, 0.4) is 0 Å². The summed E-state index contributed by atoms with van der Waals surface area (Å²) in [4.78, 5) is 14.6. The Hall–Kier alpha value is -2.38. The number of rotatable bonds is 7. The summed E-state index contributed by atoms with van der Waals surface area (Å²) in [6.45, 7) is 4.22. The Labute approximate surface area is 154 Å². The van der Waals surface area contributed by atoms with Crippen molar-refractivity contribution in [1.29, 1.82) is 0 Å². The van der Waals surface area contributed by atoms with Gasteiger partial charge in [-0.1, -0.05) is 30.3 Å². The molecule has 7 nitrogen and oxygen atoms in total. The second-order valence-electron chi connectivity index (χ2n) is 6.62. The van der Waals surface area contributed by atoms with Gasteiger partial charge in [0.05, 0.1) is 25.0 Å². The third kappa shape index (κ3) is 5.57. The van der Waals surface area contributed by atoms with Crippen molar-refractivity contribution in [3.8, 4) is 0 Å². The molecule has 0 unspecified atom stereocenters. The van der Waals surface area contributed by atoms with Gasteiger partial charge in [0, 0.05) is 39.0 Å². The fourth-order valence-corrected chi connectivity index (χ4v) is 3.16. The molecule has 2 aromatic rings. The topological polar surface area (TPSA) is 71.4 Å². The van der Waals surface area contributed by atoms with Crippen LogP contribution in [0, 0.1) is 0 Å². The molecule has 0 atom stereocenters. The number of carbonyl (C=O) groups excluding carboxylic acids is 1. The van der Waals surface area contributed by atoms with Crippen LogP contribution in [0.4, 0.5) is 10.5 Å². The fourth-order valence-electron chi connectivity index (χ4n) is 3.16. The molecule has 1 fully saturated rings. The van der Waals surface area contributed by atoms with E-state index in [2.05, 4.69) is 44.9 Å². The van der Waals surface area contributed by atoms with E-state index in [0.717, 1.165) is 32.5 Å². The monoisotopic (exact) mass is 357 g/mol. The van der Waals surface area contributed by atoms with Crippen molar-refractivity contribution in [2.45, 2.75) is 32.0 Å². The maximum absolute atomic E-state index is 12.2. The number of piperidine rings is 1. The smallest absolute Gasteiger partial charge is 0.319 e. The van der Waals surface area contributed by atoms with Crippen LogP contribution in [0.1, 0.15) is 18.4 Å². The Morgan fingerprint density at radius 1 is 1.27 bits per heavy atom. The van der Waals surface area contributed by atoms with Crippen molar-refractivity contribution in [2.75, 3.05) is 32.1 Å². The maximum atomic E-state index is 12.2.